The number of hydrogen-bond acceptors (Lipinski definition) is 8. The molecule has 0 bridgehead atoms. The first kappa shape index (κ1) is 29.8. The summed E-state index contributed by atoms with van der Waals surface area (Å²) >= 11 is 0. The number of nitrogens with zero attached hydrogens (tertiary/aromatic N) is 1. The van der Waals surface area contributed by atoms with Crippen LogP contribution in [-0.4, -0.2) is 67.9 Å². The van der Waals surface area contributed by atoms with Crippen molar-refractivity contribution in [3.05, 3.63) is 53.1 Å². The van der Waals surface area contributed by atoms with Crippen molar-refractivity contribution in [2.24, 2.45) is 0 Å². The highest BCUT2D eigenvalue weighted by atomic mass is 16.5. The van der Waals surface area contributed by atoms with E-state index in [1.54, 1.807) is 43.5 Å². The summed E-state index contributed by atoms with van der Waals surface area (Å²) in [6.07, 6.45) is 0.562. The number of amides is 1. The Bertz CT molecular complexity index is 1190. The van der Waals surface area contributed by atoms with Gasteiger partial charge in [0.25, 0.3) is 11.7 Å². The van der Waals surface area contributed by atoms with E-state index in [-0.39, 0.29) is 24.0 Å². The number of aliphatic hydroxyl groups excluding tert-OH is 1. The Labute approximate surface area is 230 Å². The zero-order chi connectivity index (χ0) is 28.5. The molecule has 3 rings (SSSR count). The minimum absolute atomic E-state index is 0.0255. The predicted molar refractivity (Wildman–Crippen MR) is 148 cm³/mol. The number of likely N-dealkylation sites (tertiary alicyclic amines) is 1. The molecule has 0 saturated carbocycles. The summed E-state index contributed by atoms with van der Waals surface area (Å²) < 4.78 is 28.2. The third kappa shape index (κ3) is 6.84. The second kappa shape index (κ2) is 13.9. The van der Waals surface area contributed by atoms with Gasteiger partial charge in [-0.2, -0.15) is 0 Å². The lowest BCUT2D eigenvalue weighted by molar-refractivity contribution is -0.140. The Morgan fingerprint density at radius 1 is 0.923 bits per heavy atom. The van der Waals surface area contributed by atoms with Gasteiger partial charge in [0.2, 0.25) is 0 Å². The number of ketones is 1. The second-order valence-electron chi connectivity index (χ2n) is 9.13. The number of benzene rings is 2. The number of rotatable bonds is 14. The third-order valence-corrected chi connectivity index (χ3v) is 6.16. The van der Waals surface area contributed by atoms with Crippen molar-refractivity contribution in [2.75, 3.05) is 40.1 Å². The Morgan fingerprint density at radius 3 is 2.26 bits per heavy atom. The van der Waals surface area contributed by atoms with Gasteiger partial charge in [0.15, 0.2) is 11.5 Å². The molecule has 1 fully saturated rings. The van der Waals surface area contributed by atoms with Crippen LogP contribution in [0.5, 0.6) is 23.0 Å². The van der Waals surface area contributed by atoms with Gasteiger partial charge in [-0.25, -0.2) is 0 Å². The lowest BCUT2D eigenvalue weighted by atomic mass is 9.94. The average molecular weight is 542 g/mol. The Kier molecular flexibility index (Phi) is 10.6. The largest absolute Gasteiger partial charge is 0.507 e. The molecule has 1 N–H and O–H groups in total. The fourth-order valence-electron chi connectivity index (χ4n) is 4.52. The second-order valence-corrected chi connectivity index (χ2v) is 9.13. The van der Waals surface area contributed by atoms with E-state index in [2.05, 4.69) is 0 Å². The SMILES string of the molecule is CCOc1ccc(/C(O)=C2\C(=O)C(=O)N(CCCOC(C)C)C2c2ccc(OC)c(OCC)c2)c(OCC)c1. The molecule has 0 radical (unpaired) electrons. The number of carbonyl (C=O) groups excluding carboxylic acids is 2. The van der Waals surface area contributed by atoms with Gasteiger partial charge in [0.1, 0.15) is 17.3 Å². The monoisotopic (exact) mass is 541 g/mol. The molecule has 0 aliphatic carbocycles. The van der Waals surface area contributed by atoms with Crippen LogP contribution < -0.4 is 18.9 Å². The van der Waals surface area contributed by atoms with Crippen LogP contribution in [0.1, 0.15) is 58.2 Å². The lowest BCUT2D eigenvalue weighted by Crippen LogP contribution is -2.31. The predicted octanol–water partition coefficient (Wildman–Crippen LogP) is 5.13. The summed E-state index contributed by atoms with van der Waals surface area (Å²) in [4.78, 5) is 28.3. The topological polar surface area (TPSA) is 104 Å². The quantitative estimate of drug-likeness (QED) is 0.152. The van der Waals surface area contributed by atoms with E-state index in [0.29, 0.717) is 67.0 Å². The molecule has 9 nitrogen and oxygen atoms in total. The molecule has 0 aromatic heterocycles. The molecule has 1 unspecified atom stereocenters. The highest BCUT2D eigenvalue weighted by molar-refractivity contribution is 6.46. The Hall–Kier alpha value is -3.72. The minimum atomic E-state index is -0.852. The van der Waals surface area contributed by atoms with Crippen LogP contribution in [0.3, 0.4) is 0 Å². The molecule has 39 heavy (non-hydrogen) atoms. The molecular formula is C30H39NO8. The summed E-state index contributed by atoms with van der Waals surface area (Å²) in [6.45, 7) is 11.3. The van der Waals surface area contributed by atoms with Crippen molar-refractivity contribution in [3.63, 3.8) is 0 Å². The molecule has 2 aromatic rings. The van der Waals surface area contributed by atoms with Crippen molar-refractivity contribution < 1.29 is 38.4 Å². The molecule has 9 heteroatoms. The van der Waals surface area contributed by atoms with Gasteiger partial charge in [-0.05, 0) is 70.9 Å². The Balaban J connectivity index is 2.16. The van der Waals surface area contributed by atoms with Crippen LogP contribution in [0.15, 0.2) is 42.0 Å². The van der Waals surface area contributed by atoms with Crippen molar-refractivity contribution in [2.45, 2.75) is 53.2 Å². The van der Waals surface area contributed by atoms with Crippen molar-refractivity contribution in [3.8, 4) is 23.0 Å². The van der Waals surface area contributed by atoms with E-state index >= 15 is 0 Å². The number of carbonyl (C=O) groups is 2. The molecule has 212 valence electrons. The summed E-state index contributed by atoms with van der Waals surface area (Å²) in [5.41, 5.74) is 0.876. The summed E-state index contributed by atoms with van der Waals surface area (Å²) in [6, 6.07) is 9.37. The molecule has 1 heterocycles. The number of Topliss-reactive ketones (excluding diaryl/α,β-unsaturated/α-hetero) is 1. The first-order valence-corrected chi connectivity index (χ1v) is 13.4. The van der Waals surface area contributed by atoms with E-state index in [9.17, 15) is 14.7 Å². The zero-order valence-electron chi connectivity index (χ0n) is 23.6. The van der Waals surface area contributed by atoms with E-state index in [1.165, 1.54) is 4.90 Å². The maximum atomic E-state index is 13.5. The number of aliphatic hydroxyl groups is 1. The molecule has 2 aromatic carbocycles. The maximum Gasteiger partial charge on any atom is 0.295 e. The van der Waals surface area contributed by atoms with E-state index in [0.717, 1.165) is 0 Å². The van der Waals surface area contributed by atoms with Crippen LogP contribution in [0.25, 0.3) is 5.76 Å². The van der Waals surface area contributed by atoms with Gasteiger partial charge in [-0.15, -0.1) is 0 Å². The normalized spacial score (nSPS) is 16.6. The molecule has 0 spiro atoms. The van der Waals surface area contributed by atoms with Gasteiger partial charge < -0.3 is 33.7 Å². The highest BCUT2D eigenvalue weighted by Gasteiger charge is 2.46. The van der Waals surface area contributed by atoms with Crippen LogP contribution >= 0.6 is 0 Å². The average Bonchev–Trinajstić information content (AvgIpc) is 3.16. The fourth-order valence-corrected chi connectivity index (χ4v) is 4.52. The van der Waals surface area contributed by atoms with E-state index in [1.807, 2.05) is 34.6 Å². The van der Waals surface area contributed by atoms with Gasteiger partial charge >= 0.3 is 0 Å². The number of hydrogen-bond donors (Lipinski definition) is 1. The van der Waals surface area contributed by atoms with Crippen molar-refractivity contribution in [1.82, 2.24) is 4.90 Å². The van der Waals surface area contributed by atoms with E-state index in [4.69, 9.17) is 23.7 Å². The number of ether oxygens (including phenoxy) is 5. The fraction of sp³-hybridized carbons (Fsp3) is 0.467. The molecule has 1 aliphatic heterocycles. The highest BCUT2D eigenvalue weighted by Crippen LogP contribution is 2.43. The lowest BCUT2D eigenvalue weighted by Gasteiger charge is -2.26. The zero-order valence-corrected chi connectivity index (χ0v) is 23.6. The van der Waals surface area contributed by atoms with Crippen LogP contribution in [0.4, 0.5) is 0 Å². The maximum absolute atomic E-state index is 13.5. The summed E-state index contributed by atoms with van der Waals surface area (Å²) in [5.74, 6) is 0.128. The van der Waals surface area contributed by atoms with Gasteiger partial charge in [-0.3, -0.25) is 9.59 Å². The molecule has 1 aliphatic rings. The molecule has 1 amide bonds. The van der Waals surface area contributed by atoms with Crippen LogP contribution in [0, 0.1) is 0 Å². The molecular weight excluding hydrogens is 502 g/mol. The van der Waals surface area contributed by atoms with Crippen LogP contribution in [-0.2, 0) is 14.3 Å². The summed E-state index contributed by atoms with van der Waals surface area (Å²) in [7, 11) is 1.54. The first-order chi connectivity index (χ1) is 18.8. The van der Waals surface area contributed by atoms with Crippen LogP contribution in [0.2, 0.25) is 0 Å². The Morgan fingerprint density at radius 2 is 1.62 bits per heavy atom. The third-order valence-electron chi connectivity index (χ3n) is 6.16. The van der Waals surface area contributed by atoms with E-state index < -0.39 is 17.7 Å². The first-order valence-electron chi connectivity index (χ1n) is 13.4. The van der Waals surface area contributed by atoms with Crippen molar-refractivity contribution in [1.29, 1.82) is 0 Å². The standard InChI is InChI=1S/C30H39NO8/c1-7-36-21-12-13-22(24(18-21)37-8-2)28(32)26-27(20-11-14-23(35-6)25(17-20)38-9-3)31(30(34)29(26)33)15-10-16-39-19(4)5/h11-14,17-19,27,32H,7-10,15-16H2,1-6H3/b28-26+. The van der Waals surface area contributed by atoms with Gasteiger partial charge in [0.05, 0.1) is 50.2 Å². The van der Waals surface area contributed by atoms with Gasteiger partial charge in [-0.1, -0.05) is 6.07 Å². The minimum Gasteiger partial charge on any atom is -0.507 e. The van der Waals surface area contributed by atoms with Crippen molar-refractivity contribution >= 4 is 17.4 Å². The molecule has 1 atom stereocenters. The summed E-state index contributed by atoms with van der Waals surface area (Å²) in [5, 5.41) is 11.6. The molecule has 1 saturated heterocycles. The number of methoxy groups -OCH3 is 1. The van der Waals surface area contributed by atoms with Gasteiger partial charge in [0, 0.05) is 19.2 Å². The smallest absolute Gasteiger partial charge is 0.295 e.